The summed E-state index contributed by atoms with van der Waals surface area (Å²) in [5, 5.41) is 13.7. The van der Waals surface area contributed by atoms with Gasteiger partial charge in [0.2, 0.25) is 0 Å². The summed E-state index contributed by atoms with van der Waals surface area (Å²) in [7, 11) is 0. The summed E-state index contributed by atoms with van der Waals surface area (Å²) < 4.78 is 0.865. The number of benzene rings is 1. The number of nitrogens with one attached hydrogen (secondary N) is 2. The number of H-pyrrole nitrogens is 1. The van der Waals surface area contributed by atoms with Crippen molar-refractivity contribution in [1.82, 2.24) is 10.3 Å². The molecule has 0 radical (unpaired) electrons. The Bertz CT molecular complexity index is 638. The SMILES string of the molecule is CC(O)(CNCc1ccc[nH]c1=O)c1ccccc1Br. The van der Waals surface area contributed by atoms with Crippen LogP contribution in [-0.4, -0.2) is 16.6 Å². The van der Waals surface area contributed by atoms with Crippen LogP contribution in [-0.2, 0) is 12.1 Å². The van der Waals surface area contributed by atoms with Crippen LogP contribution < -0.4 is 10.9 Å². The van der Waals surface area contributed by atoms with Gasteiger partial charge in [0.25, 0.3) is 5.56 Å². The van der Waals surface area contributed by atoms with E-state index in [9.17, 15) is 9.90 Å². The molecule has 1 heterocycles. The number of aliphatic hydroxyl groups is 1. The Hall–Kier alpha value is -1.43. The minimum atomic E-state index is -1.01. The highest BCUT2D eigenvalue weighted by atomic mass is 79.9. The molecular weight excluding hydrogens is 320 g/mol. The average Bonchev–Trinajstić information content (AvgIpc) is 2.41. The number of hydrogen-bond acceptors (Lipinski definition) is 3. The number of rotatable bonds is 5. The monoisotopic (exact) mass is 336 g/mol. The van der Waals surface area contributed by atoms with E-state index in [4.69, 9.17) is 0 Å². The van der Waals surface area contributed by atoms with E-state index in [2.05, 4.69) is 26.2 Å². The van der Waals surface area contributed by atoms with E-state index >= 15 is 0 Å². The quantitative estimate of drug-likeness (QED) is 0.783. The molecule has 1 atom stereocenters. The zero-order valence-electron chi connectivity index (χ0n) is 11.2. The van der Waals surface area contributed by atoms with Gasteiger partial charge >= 0.3 is 0 Å². The standard InChI is InChI=1S/C15H17BrN2O2/c1-15(20,12-6-2-3-7-13(12)16)10-17-9-11-5-4-8-18-14(11)19/h2-8,17,20H,9-10H2,1H3,(H,18,19). The molecule has 20 heavy (non-hydrogen) atoms. The van der Waals surface area contributed by atoms with Crippen LogP contribution in [0.4, 0.5) is 0 Å². The van der Waals surface area contributed by atoms with E-state index in [1.54, 1.807) is 25.3 Å². The Morgan fingerprint density at radius 3 is 2.75 bits per heavy atom. The van der Waals surface area contributed by atoms with Gasteiger partial charge in [-0.15, -0.1) is 0 Å². The van der Waals surface area contributed by atoms with E-state index < -0.39 is 5.60 Å². The molecule has 0 amide bonds. The summed E-state index contributed by atoms with van der Waals surface area (Å²) in [5.74, 6) is 0. The first-order valence-electron chi connectivity index (χ1n) is 6.35. The highest BCUT2D eigenvalue weighted by Gasteiger charge is 2.24. The number of hydrogen-bond donors (Lipinski definition) is 3. The van der Waals surface area contributed by atoms with Crippen molar-refractivity contribution < 1.29 is 5.11 Å². The summed E-state index contributed by atoms with van der Waals surface area (Å²) in [6.07, 6.45) is 1.60. The van der Waals surface area contributed by atoms with Gasteiger partial charge in [0.05, 0.1) is 0 Å². The third-order valence-electron chi connectivity index (χ3n) is 3.14. The lowest BCUT2D eigenvalue weighted by Gasteiger charge is -2.25. The molecule has 0 bridgehead atoms. The van der Waals surface area contributed by atoms with E-state index in [0.717, 1.165) is 10.0 Å². The largest absolute Gasteiger partial charge is 0.384 e. The van der Waals surface area contributed by atoms with Crippen LogP contribution in [0.15, 0.2) is 51.9 Å². The fourth-order valence-corrected chi connectivity index (χ4v) is 2.74. The minimum absolute atomic E-state index is 0.111. The molecule has 2 aromatic rings. The highest BCUT2D eigenvalue weighted by Crippen LogP contribution is 2.27. The molecule has 0 aliphatic carbocycles. The summed E-state index contributed by atoms with van der Waals surface area (Å²) in [4.78, 5) is 14.2. The second-order valence-electron chi connectivity index (χ2n) is 4.88. The number of aromatic nitrogens is 1. The predicted molar refractivity (Wildman–Crippen MR) is 82.5 cm³/mol. The topological polar surface area (TPSA) is 65.1 Å². The van der Waals surface area contributed by atoms with Crippen molar-refractivity contribution in [2.45, 2.75) is 19.1 Å². The van der Waals surface area contributed by atoms with Gasteiger partial charge in [-0.1, -0.05) is 40.2 Å². The zero-order valence-corrected chi connectivity index (χ0v) is 12.8. The molecule has 3 N–H and O–H groups in total. The van der Waals surface area contributed by atoms with Gasteiger partial charge in [-0.3, -0.25) is 4.79 Å². The van der Waals surface area contributed by atoms with Gasteiger partial charge in [-0.05, 0) is 24.6 Å². The maximum atomic E-state index is 11.5. The van der Waals surface area contributed by atoms with Crippen LogP contribution in [0.5, 0.6) is 0 Å². The molecule has 106 valence electrons. The van der Waals surface area contributed by atoms with Crippen LogP contribution >= 0.6 is 15.9 Å². The predicted octanol–water partition coefficient (Wildman–Crippen LogP) is 2.13. The fraction of sp³-hybridized carbons (Fsp3) is 0.267. The van der Waals surface area contributed by atoms with E-state index in [1.165, 1.54) is 0 Å². The molecule has 0 aliphatic rings. The summed E-state index contributed by atoms with van der Waals surface area (Å²) in [6.45, 7) is 2.51. The Kier molecular flexibility index (Phi) is 4.75. The fourth-order valence-electron chi connectivity index (χ4n) is 2.03. The van der Waals surface area contributed by atoms with Gasteiger partial charge < -0.3 is 15.4 Å². The van der Waals surface area contributed by atoms with E-state index in [1.807, 2.05) is 24.3 Å². The molecule has 1 aromatic heterocycles. The lowest BCUT2D eigenvalue weighted by Crippen LogP contribution is -2.36. The van der Waals surface area contributed by atoms with Gasteiger partial charge in [0.1, 0.15) is 5.60 Å². The first-order valence-corrected chi connectivity index (χ1v) is 7.15. The zero-order chi connectivity index (χ0) is 14.6. The maximum absolute atomic E-state index is 11.5. The summed E-state index contributed by atoms with van der Waals surface area (Å²) >= 11 is 3.44. The summed E-state index contributed by atoms with van der Waals surface area (Å²) in [5.41, 5.74) is 0.340. The molecular formula is C15H17BrN2O2. The average molecular weight is 337 g/mol. The third-order valence-corrected chi connectivity index (χ3v) is 3.83. The molecule has 0 saturated heterocycles. The number of halogens is 1. The lowest BCUT2D eigenvalue weighted by molar-refractivity contribution is 0.0559. The van der Waals surface area contributed by atoms with Crippen LogP contribution in [0, 0.1) is 0 Å². The Morgan fingerprint density at radius 2 is 2.05 bits per heavy atom. The second-order valence-corrected chi connectivity index (χ2v) is 5.74. The van der Waals surface area contributed by atoms with Crippen LogP contribution in [0.1, 0.15) is 18.1 Å². The highest BCUT2D eigenvalue weighted by molar-refractivity contribution is 9.10. The van der Waals surface area contributed by atoms with Crippen LogP contribution in [0.25, 0.3) is 0 Å². The second kappa shape index (κ2) is 6.35. The molecule has 1 unspecified atom stereocenters. The van der Waals surface area contributed by atoms with Gasteiger partial charge in [0.15, 0.2) is 0 Å². The number of aromatic amines is 1. The minimum Gasteiger partial charge on any atom is -0.384 e. The van der Waals surface area contributed by atoms with Crippen LogP contribution in [0.2, 0.25) is 0 Å². The number of pyridine rings is 1. The van der Waals surface area contributed by atoms with Crippen molar-refractivity contribution in [2.24, 2.45) is 0 Å². The normalized spacial score (nSPS) is 13.9. The van der Waals surface area contributed by atoms with Crippen molar-refractivity contribution in [3.8, 4) is 0 Å². The van der Waals surface area contributed by atoms with Crippen molar-refractivity contribution in [3.05, 3.63) is 68.5 Å². The van der Waals surface area contributed by atoms with Gasteiger partial charge in [-0.25, -0.2) is 0 Å². The smallest absolute Gasteiger partial charge is 0.252 e. The van der Waals surface area contributed by atoms with Crippen molar-refractivity contribution in [3.63, 3.8) is 0 Å². The molecule has 0 fully saturated rings. The Morgan fingerprint density at radius 1 is 1.30 bits per heavy atom. The first kappa shape index (κ1) is 15.0. The molecule has 0 saturated carbocycles. The van der Waals surface area contributed by atoms with Crippen molar-refractivity contribution >= 4 is 15.9 Å². The van der Waals surface area contributed by atoms with E-state index in [0.29, 0.717) is 18.7 Å². The molecule has 4 nitrogen and oxygen atoms in total. The van der Waals surface area contributed by atoms with Crippen molar-refractivity contribution in [2.75, 3.05) is 6.54 Å². The van der Waals surface area contributed by atoms with E-state index in [-0.39, 0.29) is 5.56 Å². The van der Waals surface area contributed by atoms with Gasteiger partial charge in [-0.2, -0.15) is 0 Å². The first-order chi connectivity index (χ1) is 9.50. The summed E-state index contributed by atoms with van der Waals surface area (Å²) in [6, 6.07) is 11.1. The molecule has 5 heteroatoms. The molecule has 2 rings (SSSR count). The van der Waals surface area contributed by atoms with Crippen molar-refractivity contribution in [1.29, 1.82) is 0 Å². The lowest BCUT2D eigenvalue weighted by atomic mass is 9.96. The third kappa shape index (κ3) is 3.56. The molecule has 0 aliphatic heterocycles. The molecule has 1 aromatic carbocycles. The maximum Gasteiger partial charge on any atom is 0.252 e. The van der Waals surface area contributed by atoms with Crippen LogP contribution in [0.3, 0.4) is 0 Å². The Labute approximate surface area is 126 Å². The Balaban J connectivity index is 2.02. The molecule has 0 spiro atoms. The van der Waals surface area contributed by atoms with Gasteiger partial charge in [0, 0.05) is 29.3 Å².